The number of hydrogen-bond acceptors (Lipinski definition) is 17. The van der Waals surface area contributed by atoms with Crippen molar-refractivity contribution in [3.05, 3.63) is 0 Å². The molecule has 0 aliphatic carbocycles. The van der Waals surface area contributed by atoms with Gasteiger partial charge in [-0.2, -0.15) is 0 Å². The Kier molecular flexibility index (Phi) is 33.4. The third-order valence-electron chi connectivity index (χ3n) is 11.8. The molecule has 0 heterocycles. The Hall–Kier alpha value is -6.56. The van der Waals surface area contributed by atoms with E-state index < -0.39 is 169 Å². The van der Waals surface area contributed by atoms with Gasteiger partial charge in [0.05, 0.1) is 18.2 Å². The van der Waals surface area contributed by atoms with Gasteiger partial charge in [0.2, 0.25) is 59.1 Å². The van der Waals surface area contributed by atoms with E-state index in [1.54, 1.807) is 27.7 Å². The molecule has 0 aliphatic rings. The molecule has 0 aliphatic heterocycles. The fraction of sp³-hybridized carbons (Fsp3) is 0.750. The van der Waals surface area contributed by atoms with Crippen LogP contribution in [0.25, 0.3) is 0 Å². The molecule has 29 heteroatoms. The lowest BCUT2D eigenvalue weighted by molar-refractivity contribution is -0.143. The Labute approximate surface area is 448 Å². The number of unbranched alkanes of at least 4 members (excludes halogenated alkanes) is 2. The minimum atomic E-state index is -1.82. The van der Waals surface area contributed by atoms with Crippen LogP contribution in [0.15, 0.2) is 0 Å². The number of aliphatic carboxylic acids is 2. The molecular weight excluding hydrogens is 1010 g/mol. The number of aliphatic hydroxyl groups excluding tert-OH is 2. The maximum Gasteiger partial charge on any atom is 0.326 e. The van der Waals surface area contributed by atoms with E-state index in [1.807, 2.05) is 0 Å². The van der Waals surface area contributed by atoms with Gasteiger partial charge in [-0.05, 0) is 110 Å². The molecule has 10 amide bonds. The molecule has 0 radical (unpaired) electrons. The first-order valence-corrected chi connectivity index (χ1v) is 25.8. The van der Waals surface area contributed by atoms with Crippen LogP contribution in [-0.4, -0.2) is 177 Å². The average molecular weight is 1100 g/mol. The fourth-order valence-electron chi connectivity index (χ4n) is 7.36. The van der Waals surface area contributed by atoms with Gasteiger partial charge >= 0.3 is 11.9 Å². The van der Waals surface area contributed by atoms with E-state index in [0.29, 0.717) is 32.2 Å². The summed E-state index contributed by atoms with van der Waals surface area (Å²) in [5, 5.41) is 61.6. The molecule has 77 heavy (non-hydrogen) atoms. The predicted octanol–water partition coefficient (Wildman–Crippen LogP) is -4.96. The third kappa shape index (κ3) is 28.4. The van der Waals surface area contributed by atoms with Gasteiger partial charge in [0.15, 0.2) is 0 Å². The van der Waals surface area contributed by atoms with Crippen molar-refractivity contribution in [1.29, 1.82) is 0 Å². The van der Waals surface area contributed by atoms with Crippen LogP contribution < -0.4 is 70.8 Å². The molecule has 0 aromatic heterocycles. The summed E-state index contributed by atoms with van der Waals surface area (Å²) in [5.41, 5.74) is 22.3. The summed E-state index contributed by atoms with van der Waals surface area (Å²) in [6.07, 6.45) is -2.96. The van der Waals surface area contributed by atoms with Gasteiger partial charge in [0.25, 0.3) is 0 Å². The van der Waals surface area contributed by atoms with Crippen LogP contribution in [0.2, 0.25) is 0 Å². The van der Waals surface area contributed by atoms with E-state index in [2.05, 4.69) is 47.9 Å². The Morgan fingerprint density at radius 3 is 1.12 bits per heavy atom. The summed E-state index contributed by atoms with van der Waals surface area (Å²) in [6, 6.07) is -14.5. The Bertz CT molecular complexity index is 1990. The topological polar surface area (TPSA) is 498 Å². The summed E-state index contributed by atoms with van der Waals surface area (Å²) in [5.74, 6) is -12.6. The molecule has 29 nitrogen and oxygen atoms in total. The molecule has 440 valence electrons. The number of rotatable bonds is 39. The number of carbonyl (C=O) groups is 12. The van der Waals surface area contributed by atoms with E-state index in [1.165, 1.54) is 13.8 Å². The first-order chi connectivity index (χ1) is 35.9. The lowest BCUT2D eigenvalue weighted by atomic mass is 10.0. The molecule has 0 bridgehead atoms. The smallest absolute Gasteiger partial charge is 0.326 e. The van der Waals surface area contributed by atoms with E-state index in [9.17, 15) is 78.0 Å². The summed E-state index contributed by atoms with van der Waals surface area (Å²) < 4.78 is 0. The molecular formula is C48H87N13O16. The minimum Gasteiger partial charge on any atom is -0.481 e. The zero-order valence-corrected chi connectivity index (χ0v) is 45.5. The quantitative estimate of drug-likeness (QED) is 0.0256. The van der Waals surface area contributed by atoms with Gasteiger partial charge in [0, 0.05) is 12.8 Å². The maximum absolute atomic E-state index is 13.8. The third-order valence-corrected chi connectivity index (χ3v) is 11.8. The number of nitrogens with one attached hydrogen (secondary N) is 9. The van der Waals surface area contributed by atoms with Crippen LogP contribution in [0.4, 0.5) is 0 Å². The minimum absolute atomic E-state index is 0.0542. The highest BCUT2D eigenvalue weighted by Crippen LogP contribution is 2.11. The molecule has 0 fully saturated rings. The first kappa shape index (κ1) is 70.4. The number of carboxylic acid groups (broad SMARTS) is 2. The molecule has 12 atom stereocenters. The van der Waals surface area contributed by atoms with Gasteiger partial charge in [-0.3, -0.25) is 52.7 Å². The van der Waals surface area contributed by atoms with Crippen LogP contribution >= 0.6 is 0 Å². The van der Waals surface area contributed by atoms with Gasteiger partial charge in [-0.1, -0.05) is 34.1 Å². The molecule has 0 spiro atoms. The molecule has 0 saturated carbocycles. The summed E-state index contributed by atoms with van der Waals surface area (Å²) >= 11 is 0. The van der Waals surface area contributed by atoms with Crippen molar-refractivity contribution in [1.82, 2.24) is 47.9 Å². The van der Waals surface area contributed by atoms with Crippen molar-refractivity contribution in [3.8, 4) is 0 Å². The van der Waals surface area contributed by atoms with E-state index >= 15 is 0 Å². The Morgan fingerprint density at radius 1 is 0.403 bits per heavy atom. The molecule has 21 N–H and O–H groups in total. The highest BCUT2D eigenvalue weighted by atomic mass is 16.4. The van der Waals surface area contributed by atoms with Crippen molar-refractivity contribution >= 4 is 71.0 Å². The number of hydrogen-bond donors (Lipinski definition) is 17. The van der Waals surface area contributed by atoms with Gasteiger partial charge in [-0.15, -0.1) is 0 Å². The largest absolute Gasteiger partial charge is 0.481 e. The highest BCUT2D eigenvalue weighted by molar-refractivity contribution is 5.98. The lowest BCUT2D eigenvalue weighted by Gasteiger charge is -2.29. The molecule has 0 aromatic rings. The summed E-state index contributed by atoms with van der Waals surface area (Å²) in [7, 11) is 0. The monoisotopic (exact) mass is 1100 g/mol. The van der Waals surface area contributed by atoms with Gasteiger partial charge in [0.1, 0.15) is 54.4 Å². The second-order valence-corrected chi connectivity index (χ2v) is 19.9. The summed E-state index contributed by atoms with van der Waals surface area (Å²) in [6.45, 7) is 12.4. The zero-order chi connectivity index (χ0) is 59.3. The Morgan fingerprint density at radius 2 is 0.753 bits per heavy atom. The van der Waals surface area contributed by atoms with E-state index in [4.69, 9.17) is 22.9 Å². The van der Waals surface area contributed by atoms with Crippen LogP contribution in [0.5, 0.6) is 0 Å². The van der Waals surface area contributed by atoms with Gasteiger partial charge in [-0.25, -0.2) is 4.79 Å². The first-order valence-electron chi connectivity index (χ1n) is 25.8. The normalized spacial score (nSPS) is 15.9. The SMILES string of the molecule is CC(C)C[C@H](NC(=O)[C@@H](NC(=O)[C@H](CCC(=O)O)NC(=O)[C@H](C)NC(=O)[C@H](CC(C)C)NC(=O)[C@@H](N)CCCCN)[C@@H](C)O)C(=O)N[C@@H](C)C(=O)N[C@@H](CCCCN)C(=O)N[C@H](C(=O)N[C@@H](CCC(N)=O)C(=O)O)[C@@H](C)O. The lowest BCUT2D eigenvalue weighted by Crippen LogP contribution is -2.62. The molecule has 0 rings (SSSR count). The Balaban J connectivity index is 6.29. The van der Waals surface area contributed by atoms with Crippen LogP contribution in [0.1, 0.15) is 132 Å². The highest BCUT2D eigenvalue weighted by Gasteiger charge is 2.37. The molecule has 0 aromatic carbocycles. The number of nitrogens with two attached hydrogens (primary N) is 4. The number of amides is 10. The molecule has 0 saturated heterocycles. The van der Waals surface area contributed by atoms with Crippen molar-refractivity contribution in [2.24, 2.45) is 34.8 Å². The van der Waals surface area contributed by atoms with E-state index in [0.717, 1.165) is 13.8 Å². The standard InChI is InChI=1S/C48H87N13O16/c1-23(2)21-33(58-41(69)29(51)13-9-11-19-49)44(72)53-26(6)40(68)56-31(16-18-36(65)66)43(71)61-38(28(8)63)47(75)59-34(22-24(3)4)45(73)54-25(5)39(67)55-30(14-10-12-20-50)42(70)60-37(27(7)62)46(74)57-32(48(76)77)15-17-35(52)64/h23-34,37-38,62-63H,9-22,49-51H2,1-8H3,(H2,52,64)(H,53,72)(H,54,73)(H,55,67)(H,56,68)(H,57,74)(H,58,69)(H,59,75)(H,60,70)(H,61,71)(H,65,66)(H,76,77)/t25-,26-,27+,28+,29-,30-,31-,32-,33-,34-,37-,38-/m0/s1. The van der Waals surface area contributed by atoms with Crippen molar-refractivity contribution in [2.75, 3.05) is 13.1 Å². The molecule has 0 unspecified atom stereocenters. The van der Waals surface area contributed by atoms with Crippen LogP contribution in [-0.2, 0) is 57.5 Å². The number of primary amides is 1. The fourth-order valence-corrected chi connectivity index (χ4v) is 7.36. The second kappa shape index (κ2) is 36.5. The number of carboxylic acids is 2. The van der Waals surface area contributed by atoms with Crippen molar-refractivity contribution < 1.29 is 78.0 Å². The van der Waals surface area contributed by atoms with Crippen LogP contribution in [0, 0.1) is 11.8 Å². The van der Waals surface area contributed by atoms with E-state index in [-0.39, 0.29) is 44.1 Å². The maximum atomic E-state index is 13.8. The van der Waals surface area contributed by atoms with Crippen LogP contribution in [0.3, 0.4) is 0 Å². The second-order valence-electron chi connectivity index (χ2n) is 19.9. The summed E-state index contributed by atoms with van der Waals surface area (Å²) in [4.78, 5) is 156. The van der Waals surface area contributed by atoms with Crippen molar-refractivity contribution in [2.45, 2.75) is 205 Å². The van der Waals surface area contributed by atoms with Crippen molar-refractivity contribution in [3.63, 3.8) is 0 Å². The number of aliphatic hydroxyl groups is 2. The van der Waals surface area contributed by atoms with Gasteiger partial charge < -0.3 is 91.2 Å². The predicted molar refractivity (Wildman–Crippen MR) is 278 cm³/mol. The number of carbonyl (C=O) groups excluding carboxylic acids is 10. The average Bonchev–Trinajstić information content (AvgIpc) is 3.32. The zero-order valence-electron chi connectivity index (χ0n) is 45.5.